The fraction of sp³-hybridized carbons (Fsp3) is 0.667. The van der Waals surface area contributed by atoms with Crippen LogP contribution in [0.5, 0.6) is 0 Å². The van der Waals surface area contributed by atoms with E-state index in [9.17, 15) is 5.11 Å². The van der Waals surface area contributed by atoms with Gasteiger partial charge in [0.05, 0.1) is 5.60 Å². The lowest BCUT2D eigenvalue weighted by Crippen LogP contribution is -2.49. The van der Waals surface area contributed by atoms with Crippen LogP contribution in [-0.2, 0) is 17.8 Å². The second-order valence-corrected chi connectivity index (χ2v) is 7.32. The number of hydrogen-bond acceptors (Lipinski definition) is 3. The molecule has 21 heavy (non-hydrogen) atoms. The third-order valence-electron chi connectivity index (χ3n) is 4.90. The highest BCUT2D eigenvalue weighted by Crippen LogP contribution is 2.31. The van der Waals surface area contributed by atoms with Crippen LogP contribution in [0.15, 0.2) is 18.2 Å². The summed E-state index contributed by atoms with van der Waals surface area (Å²) < 4.78 is 0. The van der Waals surface area contributed by atoms with E-state index in [0.29, 0.717) is 12.5 Å². The fourth-order valence-corrected chi connectivity index (χ4v) is 2.65. The maximum atomic E-state index is 10.1. The molecule has 0 aromatic heterocycles. The molecule has 0 aliphatic heterocycles. The zero-order valence-corrected chi connectivity index (χ0v) is 14.0. The molecular weight excluding hydrogens is 262 g/mol. The zero-order chi connectivity index (χ0) is 15.7. The van der Waals surface area contributed by atoms with E-state index in [0.717, 1.165) is 0 Å². The summed E-state index contributed by atoms with van der Waals surface area (Å²) in [6, 6.07) is 6.73. The average Bonchev–Trinajstić information content (AvgIpc) is 2.37. The molecule has 0 spiro atoms. The van der Waals surface area contributed by atoms with Gasteiger partial charge in [-0.3, -0.25) is 4.84 Å². The van der Waals surface area contributed by atoms with Crippen LogP contribution >= 0.6 is 0 Å². The highest BCUT2D eigenvalue weighted by atomic mass is 16.7. The van der Waals surface area contributed by atoms with Crippen LogP contribution < -0.4 is 5.48 Å². The largest absolute Gasteiger partial charge is 0.387 e. The van der Waals surface area contributed by atoms with Gasteiger partial charge in [-0.25, -0.2) is 0 Å². The van der Waals surface area contributed by atoms with Gasteiger partial charge in [0.1, 0.15) is 5.60 Å². The maximum absolute atomic E-state index is 10.1. The van der Waals surface area contributed by atoms with Gasteiger partial charge >= 0.3 is 0 Å². The van der Waals surface area contributed by atoms with Crippen molar-refractivity contribution < 1.29 is 9.94 Å². The molecule has 0 heterocycles. The van der Waals surface area contributed by atoms with Crippen molar-refractivity contribution in [1.29, 1.82) is 0 Å². The number of fused-ring (bicyclic) bond motifs is 1. The van der Waals surface area contributed by atoms with E-state index in [4.69, 9.17) is 4.84 Å². The predicted octanol–water partition coefficient (Wildman–Crippen LogP) is 3.70. The van der Waals surface area contributed by atoms with E-state index in [1.165, 1.54) is 36.0 Å². The minimum absolute atomic E-state index is 0.643. The first kappa shape index (κ1) is 16.5. The van der Waals surface area contributed by atoms with Crippen LogP contribution in [-0.4, -0.2) is 16.3 Å². The normalized spacial score (nSPS) is 19.4. The molecule has 0 unspecified atom stereocenters. The van der Waals surface area contributed by atoms with Crippen LogP contribution in [0.4, 0.5) is 0 Å². The monoisotopic (exact) mass is 291 g/mol. The van der Waals surface area contributed by atoms with Crippen LogP contribution in [0, 0.1) is 0 Å². The molecule has 1 aliphatic carbocycles. The summed E-state index contributed by atoms with van der Waals surface area (Å²) in [5.74, 6) is 0.682. The fourth-order valence-electron chi connectivity index (χ4n) is 2.65. The molecule has 0 fully saturated rings. The number of rotatable bonds is 5. The Morgan fingerprint density at radius 2 is 2.00 bits per heavy atom. The topological polar surface area (TPSA) is 41.5 Å². The van der Waals surface area contributed by atoms with E-state index in [-0.39, 0.29) is 0 Å². The Balaban J connectivity index is 1.96. The van der Waals surface area contributed by atoms with E-state index >= 15 is 0 Å². The SMILES string of the molecule is C[C@H]1CCCc2cc(CNOC(C)(C)C(C)(C)O)ccc21. The van der Waals surface area contributed by atoms with Crippen LogP contribution in [0.3, 0.4) is 0 Å². The highest BCUT2D eigenvalue weighted by molar-refractivity contribution is 5.36. The van der Waals surface area contributed by atoms with E-state index in [1.807, 2.05) is 13.8 Å². The van der Waals surface area contributed by atoms with Crippen molar-refractivity contribution in [1.82, 2.24) is 5.48 Å². The number of hydrogen-bond donors (Lipinski definition) is 2. The summed E-state index contributed by atoms with van der Waals surface area (Å²) in [7, 11) is 0. The lowest BCUT2D eigenvalue weighted by Gasteiger charge is -2.36. The number of aliphatic hydroxyl groups is 1. The van der Waals surface area contributed by atoms with E-state index in [2.05, 4.69) is 30.6 Å². The first-order valence-corrected chi connectivity index (χ1v) is 7.95. The molecular formula is C18H29NO2. The van der Waals surface area contributed by atoms with Gasteiger partial charge in [0.2, 0.25) is 0 Å². The first-order valence-electron chi connectivity index (χ1n) is 7.95. The third-order valence-corrected chi connectivity index (χ3v) is 4.90. The molecule has 2 N–H and O–H groups in total. The van der Waals surface area contributed by atoms with Crippen molar-refractivity contribution in [3.8, 4) is 0 Å². The molecule has 0 saturated heterocycles. The molecule has 1 aliphatic rings. The van der Waals surface area contributed by atoms with Gasteiger partial charge in [-0.05, 0) is 69.6 Å². The van der Waals surface area contributed by atoms with Crippen molar-refractivity contribution in [2.45, 2.75) is 77.5 Å². The average molecular weight is 291 g/mol. The van der Waals surface area contributed by atoms with Crippen molar-refractivity contribution in [3.05, 3.63) is 34.9 Å². The Kier molecular flexibility index (Phi) is 4.76. The third kappa shape index (κ3) is 3.85. The molecule has 0 radical (unpaired) electrons. The first-order chi connectivity index (χ1) is 9.71. The highest BCUT2D eigenvalue weighted by Gasteiger charge is 2.36. The minimum Gasteiger partial charge on any atom is -0.387 e. The van der Waals surface area contributed by atoms with Gasteiger partial charge in [-0.15, -0.1) is 0 Å². The Morgan fingerprint density at radius 3 is 2.67 bits per heavy atom. The lowest BCUT2D eigenvalue weighted by atomic mass is 9.83. The van der Waals surface area contributed by atoms with Crippen LogP contribution in [0.2, 0.25) is 0 Å². The van der Waals surface area contributed by atoms with Crippen molar-refractivity contribution in [2.24, 2.45) is 0 Å². The van der Waals surface area contributed by atoms with Gasteiger partial charge in [0, 0.05) is 6.54 Å². The molecule has 1 atom stereocenters. The molecule has 3 nitrogen and oxygen atoms in total. The van der Waals surface area contributed by atoms with Gasteiger partial charge in [0.15, 0.2) is 0 Å². The van der Waals surface area contributed by atoms with Crippen molar-refractivity contribution >= 4 is 0 Å². The summed E-state index contributed by atoms with van der Waals surface area (Å²) in [5, 5.41) is 10.1. The number of aryl methyl sites for hydroxylation is 1. The van der Waals surface area contributed by atoms with Crippen molar-refractivity contribution in [3.63, 3.8) is 0 Å². The molecule has 3 heteroatoms. The quantitative estimate of drug-likeness (QED) is 0.813. The van der Waals surface area contributed by atoms with Gasteiger partial charge in [-0.2, -0.15) is 5.48 Å². The molecule has 0 amide bonds. The van der Waals surface area contributed by atoms with E-state index in [1.54, 1.807) is 13.8 Å². The van der Waals surface area contributed by atoms with Gasteiger partial charge in [0.25, 0.3) is 0 Å². The van der Waals surface area contributed by atoms with Crippen LogP contribution in [0.25, 0.3) is 0 Å². The minimum atomic E-state index is -0.898. The smallest absolute Gasteiger partial charge is 0.112 e. The predicted molar refractivity (Wildman–Crippen MR) is 86.1 cm³/mol. The molecule has 1 aromatic carbocycles. The Bertz CT molecular complexity index is 488. The lowest BCUT2D eigenvalue weighted by molar-refractivity contribution is -0.184. The second kappa shape index (κ2) is 6.07. The number of hydroxylamine groups is 1. The number of nitrogens with one attached hydrogen (secondary N) is 1. The maximum Gasteiger partial charge on any atom is 0.112 e. The summed E-state index contributed by atoms with van der Waals surface area (Å²) in [6.45, 7) is 10.2. The summed E-state index contributed by atoms with van der Waals surface area (Å²) in [6.07, 6.45) is 3.77. The Labute approximate surface area is 128 Å². The standard InChI is InChI=1S/C18H29NO2/c1-13-7-6-8-15-11-14(9-10-16(13)15)12-19-21-18(4,5)17(2,3)20/h9-11,13,19-20H,6-8,12H2,1-5H3/t13-/m0/s1. The molecule has 1 aromatic rings. The summed E-state index contributed by atoms with van der Waals surface area (Å²) in [5.41, 5.74) is 5.68. The molecule has 118 valence electrons. The second-order valence-electron chi connectivity index (χ2n) is 7.32. The summed E-state index contributed by atoms with van der Waals surface area (Å²) in [4.78, 5) is 5.66. The van der Waals surface area contributed by atoms with Gasteiger partial charge in [-0.1, -0.05) is 25.1 Å². The molecule has 0 saturated carbocycles. The van der Waals surface area contributed by atoms with Crippen LogP contribution in [0.1, 0.15) is 70.1 Å². The van der Waals surface area contributed by atoms with Gasteiger partial charge < -0.3 is 5.11 Å². The zero-order valence-electron chi connectivity index (χ0n) is 14.0. The Morgan fingerprint density at radius 1 is 1.29 bits per heavy atom. The summed E-state index contributed by atoms with van der Waals surface area (Å²) >= 11 is 0. The van der Waals surface area contributed by atoms with Crippen molar-refractivity contribution in [2.75, 3.05) is 0 Å². The Hall–Kier alpha value is -0.900. The number of benzene rings is 1. The van der Waals surface area contributed by atoms with E-state index < -0.39 is 11.2 Å². The molecule has 2 rings (SSSR count). The molecule has 0 bridgehead atoms.